The number of aryl methyl sites for hydroxylation is 2. The van der Waals surface area contributed by atoms with Crippen molar-refractivity contribution in [3.05, 3.63) is 77.4 Å². The van der Waals surface area contributed by atoms with Gasteiger partial charge in [-0.1, -0.05) is 6.07 Å². The van der Waals surface area contributed by atoms with E-state index in [1.807, 2.05) is 13.8 Å². The monoisotopic (exact) mass is 438 g/mol. The molecule has 0 bridgehead atoms. The molecule has 0 saturated heterocycles. The SMILES string of the molecule is Cc1ccc(S(=O)(=O)Nc2ccc(C(=O)Nc3ccc4c(c3)OCCO4)cc2)cc1C. The van der Waals surface area contributed by atoms with Crippen molar-refractivity contribution in [2.24, 2.45) is 0 Å². The Morgan fingerprint density at radius 1 is 0.806 bits per heavy atom. The predicted molar refractivity (Wildman–Crippen MR) is 119 cm³/mol. The second-order valence-electron chi connectivity index (χ2n) is 7.24. The van der Waals surface area contributed by atoms with Crippen molar-refractivity contribution in [1.82, 2.24) is 0 Å². The van der Waals surface area contributed by atoms with Gasteiger partial charge in [-0.3, -0.25) is 9.52 Å². The number of sulfonamides is 1. The van der Waals surface area contributed by atoms with Gasteiger partial charge in [0.1, 0.15) is 13.2 Å². The fourth-order valence-electron chi connectivity index (χ4n) is 3.11. The summed E-state index contributed by atoms with van der Waals surface area (Å²) in [6.45, 7) is 4.75. The van der Waals surface area contributed by atoms with Crippen molar-refractivity contribution in [3.8, 4) is 11.5 Å². The minimum Gasteiger partial charge on any atom is -0.486 e. The fraction of sp³-hybridized carbons (Fsp3) is 0.174. The van der Waals surface area contributed by atoms with E-state index in [1.165, 1.54) is 0 Å². The summed E-state index contributed by atoms with van der Waals surface area (Å²) in [5.41, 5.74) is 3.26. The second kappa shape index (κ2) is 8.31. The van der Waals surface area contributed by atoms with Crippen LogP contribution in [-0.4, -0.2) is 27.5 Å². The van der Waals surface area contributed by atoms with Gasteiger partial charge in [-0.2, -0.15) is 0 Å². The molecule has 1 aliphatic rings. The lowest BCUT2D eigenvalue weighted by Crippen LogP contribution is -2.16. The van der Waals surface area contributed by atoms with Crippen LogP contribution in [0.2, 0.25) is 0 Å². The van der Waals surface area contributed by atoms with Crippen LogP contribution in [0.5, 0.6) is 11.5 Å². The molecule has 1 amide bonds. The summed E-state index contributed by atoms with van der Waals surface area (Å²) in [7, 11) is -3.72. The Hall–Kier alpha value is -3.52. The van der Waals surface area contributed by atoms with Gasteiger partial charge in [0.05, 0.1) is 4.90 Å². The summed E-state index contributed by atoms with van der Waals surface area (Å²) in [4.78, 5) is 12.7. The number of nitrogens with one attached hydrogen (secondary N) is 2. The number of hydrogen-bond acceptors (Lipinski definition) is 5. The zero-order valence-electron chi connectivity index (χ0n) is 17.1. The van der Waals surface area contributed by atoms with Gasteiger partial charge >= 0.3 is 0 Å². The van der Waals surface area contributed by atoms with E-state index in [2.05, 4.69) is 10.0 Å². The zero-order chi connectivity index (χ0) is 22.0. The van der Waals surface area contributed by atoms with Crippen molar-refractivity contribution < 1.29 is 22.7 Å². The normalized spacial score (nSPS) is 12.8. The summed E-state index contributed by atoms with van der Waals surface area (Å²) in [5.74, 6) is 0.907. The van der Waals surface area contributed by atoms with Crippen molar-refractivity contribution in [2.45, 2.75) is 18.7 Å². The van der Waals surface area contributed by atoms with Crippen LogP contribution in [-0.2, 0) is 10.0 Å². The van der Waals surface area contributed by atoms with Gasteiger partial charge in [0.2, 0.25) is 0 Å². The Bertz CT molecular complexity index is 1240. The molecule has 3 aromatic rings. The Balaban J connectivity index is 1.45. The molecule has 0 unspecified atom stereocenters. The standard InChI is InChI=1S/C23H22N2O5S/c1-15-3-9-20(13-16(15)2)31(27,28)25-18-6-4-17(5-7-18)23(26)24-19-8-10-21-22(14-19)30-12-11-29-21/h3-10,13-14,25H,11-12H2,1-2H3,(H,24,26). The average Bonchev–Trinajstić information content (AvgIpc) is 2.75. The highest BCUT2D eigenvalue weighted by Crippen LogP contribution is 2.32. The number of ether oxygens (including phenoxy) is 2. The maximum atomic E-state index is 12.6. The molecule has 2 N–H and O–H groups in total. The number of benzene rings is 3. The van der Waals surface area contributed by atoms with Crippen LogP contribution in [0.3, 0.4) is 0 Å². The molecule has 31 heavy (non-hydrogen) atoms. The number of rotatable bonds is 5. The molecule has 4 rings (SSSR count). The van der Waals surface area contributed by atoms with E-state index < -0.39 is 10.0 Å². The molecule has 1 heterocycles. The van der Waals surface area contributed by atoms with Crippen LogP contribution in [0.25, 0.3) is 0 Å². The van der Waals surface area contributed by atoms with Gasteiger partial charge in [0.15, 0.2) is 11.5 Å². The summed E-state index contributed by atoms with van der Waals surface area (Å²) < 4.78 is 38.8. The van der Waals surface area contributed by atoms with Crippen LogP contribution in [0.4, 0.5) is 11.4 Å². The van der Waals surface area contributed by atoms with E-state index in [0.29, 0.717) is 41.7 Å². The maximum Gasteiger partial charge on any atom is 0.261 e. The average molecular weight is 439 g/mol. The first-order valence-electron chi connectivity index (χ1n) is 9.73. The Kier molecular flexibility index (Phi) is 5.56. The molecular formula is C23H22N2O5S. The lowest BCUT2D eigenvalue weighted by Gasteiger charge is -2.19. The van der Waals surface area contributed by atoms with Crippen LogP contribution in [0.1, 0.15) is 21.5 Å². The molecule has 0 aliphatic carbocycles. The summed E-state index contributed by atoms with van der Waals surface area (Å²) in [5, 5.41) is 2.80. The fourth-order valence-corrected chi connectivity index (χ4v) is 4.25. The highest BCUT2D eigenvalue weighted by molar-refractivity contribution is 7.92. The van der Waals surface area contributed by atoms with Crippen LogP contribution in [0, 0.1) is 13.8 Å². The Morgan fingerprint density at radius 3 is 2.19 bits per heavy atom. The first-order chi connectivity index (χ1) is 14.8. The van der Waals surface area contributed by atoms with Gasteiger partial charge in [-0.05, 0) is 73.5 Å². The zero-order valence-corrected chi connectivity index (χ0v) is 18.0. The number of carbonyl (C=O) groups excluding carboxylic acids is 1. The molecule has 0 aromatic heterocycles. The summed E-state index contributed by atoms with van der Waals surface area (Å²) in [6.07, 6.45) is 0. The molecule has 0 atom stereocenters. The minimum atomic E-state index is -3.72. The van der Waals surface area contributed by atoms with E-state index in [0.717, 1.165) is 11.1 Å². The van der Waals surface area contributed by atoms with Crippen molar-refractivity contribution >= 4 is 27.3 Å². The largest absolute Gasteiger partial charge is 0.486 e. The van der Waals surface area contributed by atoms with Crippen LogP contribution in [0.15, 0.2) is 65.6 Å². The van der Waals surface area contributed by atoms with Gasteiger partial charge in [0.25, 0.3) is 15.9 Å². The molecule has 160 valence electrons. The third kappa shape index (κ3) is 4.64. The molecule has 8 heteroatoms. The number of hydrogen-bond donors (Lipinski definition) is 2. The van der Waals surface area contributed by atoms with E-state index in [1.54, 1.807) is 60.7 Å². The summed E-state index contributed by atoms with van der Waals surface area (Å²) >= 11 is 0. The number of carbonyl (C=O) groups is 1. The molecule has 0 fully saturated rings. The lowest BCUT2D eigenvalue weighted by molar-refractivity contribution is 0.102. The first-order valence-corrected chi connectivity index (χ1v) is 11.2. The second-order valence-corrected chi connectivity index (χ2v) is 8.92. The van der Waals surface area contributed by atoms with Crippen molar-refractivity contribution in [3.63, 3.8) is 0 Å². The smallest absolute Gasteiger partial charge is 0.261 e. The molecule has 0 spiro atoms. The highest BCUT2D eigenvalue weighted by atomic mass is 32.2. The van der Waals surface area contributed by atoms with Crippen LogP contribution < -0.4 is 19.5 Å². The number of amides is 1. The highest BCUT2D eigenvalue weighted by Gasteiger charge is 2.16. The van der Waals surface area contributed by atoms with Gasteiger partial charge in [0, 0.05) is 23.0 Å². The molecule has 0 saturated carbocycles. The quantitative estimate of drug-likeness (QED) is 0.625. The first kappa shape index (κ1) is 20.7. The minimum absolute atomic E-state index is 0.191. The van der Waals surface area contributed by atoms with Gasteiger partial charge in [-0.25, -0.2) is 8.42 Å². The number of fused-ring (bicyclic) bond motifs is 1. The molecule has 0 radical (unpaired) electrons. The lowest BCUT2D eigenvalue weighted by atomic mass is 10.1. The molecular weight excluding hydrogens is 416 g/mol. The van der Waals surface area contributed by atoms with Crippen molar-refractivity contribution in [2.75, 3.05) is 23.3 Å². The molecule has 1 aliphatic heterocycles. The van der Waals surface area contributed by atoms with E-state index >= 15 is 0 Å². The van der Waals surface area contributed by atoms with Gasteiger partial charge in [-0.15, -0.1) is 0 Å². The van der Waals surface area contributed by atoms with Crippen molar-refractivity contribution in [1.29, 1.82) is 0 Å². The predicted octanol–water partition coefficient (Wildman–Crippen LogP) is 4.13. The van der Waals surface area contributed by atoms with Gasteiger partial charge < -0.3 is 14.8 Å². The van der Waals surface area contributed by atoms with E-state index in [4.69, 9.17) is 9.47 Å². The third-order valence-electron chi connectivity index (χ3n) is 4.99. The third-order valence-corrected chi connectivity index (χ3v) is 6.37. The maximum absolute atomic E-state index is 12.6. The number of anilines is 2. The Morgan fingerprint density at radius 2 is 1.48 bits per heavy atom. The van der Waals surface area contributed by atoms with E-state index in [-0.39, 0.29) is 10.8 Å². The van der Waals surface area contributed by atoms with E-state index in [9.17, 15) is 13.2 Å². The summed E-state index contributed by atoms with van der Waals surface area (Å²) in [6, 6.07) is 16.4. The molecule has 7 nitrogen and oxygen atoms in total. The topological polar surface area (TPSA) is 93.7 Å². The Labute approximate surface area is 181 Å². The van der Waals surface area contributed by atoms with Crippen LogP contribution >= 0.6 is 0 Å². The molecule has 3 aromatic carbocycles.